The number of hydrogen-bond donors (Lipinski definition) is 0. The molecule has 1 aliphatic carbocycles. The van der Waals surface area contributed by atoms with Crippen LogP contribution in [0.2, 0.25) is 0 Å². The van der Waals surface area contributed by atoms with E-state index in [0.717, 1.165) is 28.7 Å². The van der Waals surface area contributed by atoms with Gasteiger partial charge in [0.15, 0.2) is 11.4 Å². The molecule has 3 nitrogen and oxygen atoms in total. The van der Waals surface area contributed by atoms with E-state index < -0.39 is 0 Å². The summed E-state index contributed by atoms with van der Waals surface area (Å²) in [6, 6.07) is 10.8. The summed E-state index contributed by atoms with van der Waals surface area (Å²) in [6.07, 6.45) is 8.53. The van der Waals surface area contributed by atoms with Crippen LogP contribution in [0.3, 0.4) is 0 Å². The average molecular weight is 388 g/mol. The molecule has 0 N–H and O–H groups in total. The lowest BCUT2D eigenvalue weighted by Crippen LogP contribution is -2.32. The van der Waals surface area contributed by atoms with Crippen molar-refractivity contribution in [1.82, 2.24) is 4.98 Å². The van der Waals surface area contributed by atoms with Crippen LogP contribution in [0.25, 0.3) is 32.2 Å². The van der Waals surface area contributed by atoms with Crippen LogP contribution >= 0.6 is 11.3 Å². The van der Waals surface area contributed by atoms with E-state index in [1.807, 2.05) is 17.7 Å². The molecule has 3 heterocycles. The van der Waals surface area contributed by atoms with Crippen LogP contribution in [-0.2, 0) is 13.5 Å². The molecule has 28 heavy (non-hydrogen) atoms. The van der Waals surface area contributed by atoms with Crippen molar-refractivity contribution in [3.63, 3.8) is 0 Å². The molecule has 4 aromatic rings. The Bertz CT molecular complexity index is 1250. The van der Waals surface area contributed by atoms with Crippen LogP contribution in [0.5, 0.6) is 11.5 Å². The quantitative estimate of drug-likeness (QED) is 0.343. The molecule has 0 spiro atoms. The first kappa shape index (κ1) is 16.5. The molecule has 2 aromatic carbocycles. The number of aromatic nitrogens is 2. The Balaban J connectivity index is 1.64. The van der Waals surface area contributed by atoms with Crippen molar-refractivity contribution in [1.29, 1.82) is 0 Å². The van der Waals surface area contributed by atoms with Gasteiger partial charge in [0.1, 0.15) is 11.1 Å². The van der Waals surface area contributed by atoms with E-state index >= 15 is 0 Å². The Hall–Kier alpha value is -2.46. The molecule has 0 unspecified atom stereocenters. The molecule has 0 radical (unpaired) electrons. The Kier molecular flexibility index (Phi) is 3.54. The summed E-state index contributed by atoms with van der Waals surface area (Å²) in [5, 5.41) is 3.73. The first-order valence-corrected chi connectivity index (χ1v) is 11.0. The molecule has 1 saturated carbocycles. The number of ether oxygens (including phenoxy) is 1. The van der Waals surface area contributed by atoms with Crippen molar-refractivity contribution in [3.05, 3.63) is 47.1 Å². The Morgan fingerprint density at radius 2 is 2.04 bits per heavy atom. The van der Waals surface area contributed by atoms with Gasteiger partial charge in [-0.25, -0.2) is 4.57 Å². The number of benzene rings is 2. The summed E-state index contributed by atoms with van der Waals surface area (Å²) >= 11 is 1.83. The fourth-order valence-electron chi connectivity index (χ4n) is 5.13. The van der Waals surface area contributed by atoms with Gasteiger partial charge in [-0.15, -0.1) is 0 Å². The van der Waals surface area contributed by atoms with Crippen LogP contribution in [0.4, 0.5) is 0 Å². The molecule has 6 rings (SSSR count). The summed E-state index contributed by atoms with van der Waals surface area (Å²) in [5.74, 6) is 2.84. The third kappa shape index (κ3) is 2.27. The Morgan fingerprint density at radius 3 is 2.89 bits per heavy atom. The molecule has 1 aliphatic heterocycles. The van der Waals surface area contributed by atoms with E-state index in [-0.39, 0.29) is 0 Å². The van der Waals surface area contributed by atoms with Gasteiger partial charge in [0, 0.05) is 0 Å². The number of thiophene rings is 1. The van der Waals surface area contributed by atoms with E-state index in [1.54, 1.807) is 0 Å². The minimum absolute atomic E-state index is 0.796. The van der Waals surface area contributed by atoms with Crippen LogP contribution < -0.4 is 9.30 Å². The summed E-state index contributed by atoms with van der Waals surface area (Å²) in [4.78, 5) is 7.22. The molecule has 140 valence electrons. The zero-order valence-electron chi connectivity index (χ0n) is 16.3. The highest BCUT2D eigenvalue weighted by molar-refractivity contribution is 7.19. The van der Waals surface area contributed by atoms with Crippen LogP contribution in [0.15, 0.2) is 36.7 Å². The third-order valence-electron chi connectivity index (χ3n) is 6.52. The van der Waals surface area contributed by atoms with Crippen molar-refractivity contribution in [2.45, 2.75) is 39.0 Å². The summed E-state index contributed by atoms with van der Waals surface area (Å²) in [6.45, 7) is 2.22. The van der Waals surface area contributed by atoms with Gasteiger partial charge in [0.25, 0.3) is 6.33 Å². The van der Waals surface area contributed by atoms with Crippen molar-refractivity contribution < 1.29 is 9.30 Å². The SMILES string of the molecule is Cc1c2c(cc3ccccc13)Oc1c(CC3CCCC3)sc3nc[n+](C)c-2c13. The average Bonchev–Trinajstić information content (AvgIpc) is 3.33. The molecule has 2 aliphatic rings. The maximum absolute atomic E-state index is 6.63. The number of rotatable bonds is 2. The predicted octanol–water partition coefficient (Wildman–Crippen LogP) is 6.09. The smallest absolute Gasteiger partial charge is 0.288 e. The van der Waals surface area contributed by atoms with Crippen LogP contribution in [0.1, 0.15) is 36.1 Å². The third-order valence-corrected chi connectivity index (χ3v) is 7.62. The molecule has 1 fully saturated rings. The molecule has 0 amide bonds. The molecular weight excluding hydrogens is 364 g/mol. The molecule has 4 heteroatoms. The topological polar surface area (TPSA) is 26.0 Å². The number of fused-ring (bicyclic) bond motifs is 3. The predicted molar refractivity (Wildman–Crippen MR) is 114 cm³/mol. The van der Waals surface area contributed by atoms with Gasteiger partial charge >= 0.3 is 0 Å². The lowest BCUT2D eigenvalue weighted by molar-refractivity contribution is -0.662. The normalized spacial score (nSPS) is 15.9. The van der Waals surface area contributed by atoms with Gasteiger partial charge in [0.2, 0.25) is 4.83 Å². The molecule has 0 bridgehead atoms. The second kappa shape index (κ2) is 6.02. The maximum Gasteiger partial charge on any atom is 0.288 e. The van der Waals surface area contributed by atoms with Gasteiger partial charge in [-0.3, -0.25) is 0 Å². The van der Waals surface area contributed by atoms with Crippen molar-refractivity contribution in [2.75, 3.05) is 0 Å². The Labute approximate surface area is 168 Å². The zero-order chi connectivity index (χ0) is 18.8. The Morgan fingerprint density at radius 1 is 1.21 bits per heavy atom. The molecular formula is C24H23N2OS+. The van der Waals surface area contributed by atoms with Crippen molar-refractivity contribution in [3.8, 4) is 22.8 Å². The number of aryl methyl sites for hydroxylation is 2. The van der Waals surface area contributed by atoms with Crippen LogP contribution in [-0.4, -0.2) is 4.98 Å². The highest BCUT2D eigenvalue weighted by Crippen LogP contribution is 2.52. The lowest BCUT2D eigenvalue weighted by Gasteiger charge is -2.21. The number of hydrogen-bond acceptors (Lipinski definition) is 3. The highest BCUT2D eigenvalue weighted by Gasteiger charge is 2.34. The minimum Gasteiger partial charge on any atom is -0.454 e. The van der Waals surface area contributed by atoms with E-state index in [4.69, 9.17) is 9.72 Å². The van der Waals surface area contributed by atoms with Crippen molar-refractivity contribution in [2.24, 2.45) is 13.0 Å². The van der Waals surface area contributed by atoms with Gasteiger partial charge in [-0.1, -0.05) is 61.3 Å². The highest BCUT2D eigenvalue weighted by atomic mass is 32.1. The van der Waals surface area contributed by atoms with E-state index in [2.05, 4.69) is 48.9 Å². The zero-order valence-corrected chi connectivity index (χ0v) is 17.1. The fraction of sp³-hybridized carbons (Fsp3) is 0.333. The van der Waals surface area contributed by atoms with Gasteiger partial charge in [0.05, 0.1) is 17.5 Å². The van der Waals surface area contributed by atoms with E-state index in [0.29, 0.717) is 0 Å². The largest absolute Gasteiger partial charge is 0.454 e. The lowest BCUT2D eigenvalue weighted by atomic mass is 9.93. The van der Waals surface area contributed by atoms with Gasteiger partial charge in [-0.2, -0.15) is 0 Å². The van der Waals surface area contributed by atoms with E-state index in [1.165, 1.54) is 63.5 Å². The minimum atomic E-state index is 0.796. The maximum atomic E-state index is 6.63. The number of nitrogens with zero attached hydrogens (tertiary/aromatic N) is 2. The summed E-state index contributed by atoms with van der Waals surface area (Å²) in [7, 11) is 2.10. The first-order valence-electron chi connectivity index (χ1n) is 10.2. The van der Waals surface area contributed by atoms with E-state index in [9.17, 15) is 0 Å². The first-order chi connectivity index (χ1) is 13.7. The molecule has 2 aromatic heterocycles. The standard InChI is InChI=1S/C24H23N2OS/c1-14-17-10-6-5-9-16(17)12-18-20(14)22-21-23(27-18)19(11-15-7-3-4-8-15)28-24(21)25-13-26(22)2/h5-6,9-10,12-13,15H,3-4,7-8,11H2,1-2H3/q+1. The molecule has 0 atom stereocenters. The second-order valence-corrected chi connectivity index (χ2v) is 9.37. The fourth-order valence-corrected chi connectivity index (χ4v) is 6.31. The van der Waals surface area contributed by atoms with Gasteiger partial charge < -0.3 is 4.74 Å². The summed E-state index contributed by atoms with van der Waals surface area (Å²) in [5.41, 5.74) is 3.75. The molecule has 0 saturated heterocycles. The second-order valence-electron chi connectivity index (χ2n) is 8.29. The van der Waals surface area contributed by atoms with Crippen molar-refractivity contribution >= 4 is 32.3 Å². The van der Waals surface area contributed by atoms with Gasteiger partial charge in [-0.05, 0) is 46.6 Å². The van der Waals surface area contributed by atoms with Crippen LogP contribution in [0, 0.1) is 12.8 Å². The monoisotopic (exact) mass is 387 g/mol. The summed E-state index contributed by atoms with van der Waals surface area (Å²) < 4.78 is 8.80.